The van der Waals surface area contributed by atoms with Crippen LogP contribution in [-0.2, 0) is 0 Å². The number of hydrogen-bond acceptors (Lipinski definition) is 3. The highest BCUT2D eigenvalue weighted by Gasteiger charge is 2.05. The average molecular weight is 196 g/mol. The van der Waals surface area contributed by atoms with E-state index < -0.39 is 0 Å². The van der Waals surface area contributed by atoms with Gasteiger partial charge in [-0.3, -0.25) is 0 Å². The minimum absolute atomic E-state index is 0.319. The van der Waals surface area contributed by atoms with Gasteiger partial charge in [-0.2, -0.15) is 0 Å². The number of thiocarbonyl (C=S) groups is 1. The molecule has 70 valence electrons. The van der Waals surface area contributed by atoms with Crippen LogP contribution in [-0.4, -0.2) is 16.6 Å². The highest BCUT2D eigenvalue weighted by atomic mass is 32.1. The highest BCUT2D eigenvalue weighted by Crippen LogP contribution is 2.13. The van der Waals surface area contributed by atoms with Gasteiger partial charge in [0.15, 0.2) is 0 Å². The second kappa shape index (κ2) is 4.77. The predicted molar refractivity (Wildman–Crippen MR) is 55.9 cm³/mol. The van der Waals surface area contributed by atoms with Crippen LogP contribution in [0.15, 0.2) is 18.3 Å². The standard InChI is InChI=1S/C9H12N2OS/c1-2-6-12-9-7(8(10)13)4-3-5-11-9/h3-5H,2,6H2,1H3,(H2,10,13). The molecule has 0 aromatic carbocycles. The van der Waals surface area contributed by atoms with Crippen LogP contribution in [0.25, 0.3) is 0 Å². The van der Waals surface area contributed by atoms with Crippen molar-refractivity contribution < 1.29 is 4.74 Å². The summed E-state index contributed by atoms with van der Waals surface area (Å²) in [6.45, 7) is 2.66. The normalized spacial score (nSPS) is 9.62. The van der Waals surface area contributed by atoms with E-state index in [-0.39, 0.29) is 0 Å². The third kappa shape index (κ3) is 2.66. The van der Waals surface area contributed by atoms with E-state index in [4.69, 9.17) is 22.7 Å². The van der Waals surface area contributed by atoms with Crippen LogP contribution in [0.2, 0.25) is 0 Å². The molecule has 1 heterocycles. The van der Waals surface area contributed by atoms with E-state index in [9.17, 15) is 0 Å². The number of hydrogen-bond donors (Lipinski definition) is 1. The maximum atomic E-state index is 5.50. The molecule has 0 atom stereocenters. The van der Waals surface area contributed by atoms with Crippen LogP contribution in [0.1, 0.15) is 18.9 Å². The van der Waals surface area contributed by atoms with Crippen molar-refractivity contribution in [3.05, 3.63) is 23.9 Å². The molecule has 0 amide bonds. The van der Waals surface area contributed by atoms with Gasteiger partial charge < -0.3 is 10.5 Å². The fraction of sp³-hybridized carbons (Fsp3) is 0.333. The van der Waals surface area contributed by atoms with Gasteiger partial charge >= 0.3 is 0 Å². The molecule has 4 heteroatoms. The monoisotopic (exact) mass is 196 g/mol. The Morgan fingerprint density at radius 3 is 3.08 bits per heavy atom. The van der Waals surface area contributed by atoms with Gasteiger partial charge in [-0.15, -0.1) is 0 Å². The predicted octanol–water partition coefficient (Wildman–Crippen LogP) is 1.50. The van der Waals surface area contributed by atoms with Crippen molar-refractivity contribution in [1.82, 2.24) is 4.98 Å². The zero-order valence-corrected chi connectivity index (χ0v) is 8.30. The molecule has 0 radical (unpaired) electrons. The van der Waals surface area contributed by atoms with E-state index in [1.165, 1.54) is 0 Å². The van der Waals surface area contributed by atoms with Crippen molar-refractivity contribution in [3.8, 4) is 5.88 Å². The zero-order chi connectivity index (χ0) is 9.68. The number of nitrogens with two attached hydrogens (primary N) is 1. The molecule has 1 aromatic rings. The number of pyridine rings is 1. The van der Waals surface area contributed by atoms with Crippen LogP contribution in [0.5, 0.6) is 5.88 Å². The van der Waals surface area contributed by atoms with E-state index in [0.717, 1.165) is 6.42 Å². The van der Waals surface area contributed by atoms with Crippen molar-refractivity contribution in [2.45, 2.75) is 13.3 Å². The number of nitrogens with zero attached hydrogens (tertiary/aromatic N) is 1. The Labute approximate surface area is 82.9 Å². The second-order valence-electron chi connectivity index (χ2n) is 2.57. The Bertz CT molecular complexity index is 301. The van der Waals surface area contributed by atoms with Crippen molar-refractivity contribution in [3.63, 3.8) is 0 Å². The molecule has 0 saturated carbocycles. The van der Waals surface area contributed by atoms with Gasteiger partial charge in [0.1, 0.15) is 4.99 Å². The lowest BCUT2D eigenvalue weighted by atomic mass is 10.3. The first-order chi connectivity index (χ1) is 6.25. The minimum Gasteiger partial charge on any atom is -0.477 e. The molecule has 3 nitrogen and oxygen atoms in total. The van der Waals surface area contributed by atoms with E-state index in [1.54, 1.807) is 18.3 Å². The molecule has 0 aliphatic carbocycles. The summed E-state index contributed by atoms with van der Waals surface area (Å²) in [4.78, 5) is 4.37. The van der Waals surface area contributed by atoms with Crippen molar-refractivity contribution in [2.75, 3.05) is 6.61 Å². The summed E-state index contributed by atoms with van der Waals surface area (Å²) in [5.74, 6) is 0.525. The first-order valence-electron chi connectivity index (χ1n) is 4.13. The van der Waals surface area contributed by atoms with Gasteiger partial charge in [-0.25, -0.2) is 4.98 Å². The van der Waals surface area contributed by atoms with Crippen LogP contribution in [0.3, 0.4) is 0 Å². The molecule has 1 rings (SSSR count). The topological polar surface area (TPSA) is 48.1 Å². The van der Waals surface area contributed by atoms with Crippen molar-refractivity contribution in [1.29, 1.82) is 0 Å². The van der Waals surface area contributed by atoms with Crippen LogP contribution < -0.4 is 10.5 Å². The summed E-state index contributed by atoms with van der Waals surface area (Å²) >= 11 is 4.86. The Balaban J connectivity index is 2.84. The molecule has 13 heavy (non-hydrogen) atoms. The molecule has 0 fully saturated rings. The third-order valence-electron chi connectivity index (χ3n) is 1.48. The largest absolute Gasteiger partial charge is 0.477 e. The summed E-state index contributed by atoms with van der Waals surface area (Å²) < 4.78 is 5.37. The quantitative estimate of drug-likeness (QED) is 0.741. The second-order valence-corrected chi connectivity index (χ2v) is 3.01. The number of rotatable bonds is 4. The summed E-state index contributed by atoms with van der Waals surface area (Å²) in [5.41, 5.74) is 6.20. The average Bonchev–Trinajstić information content (AvgIpc) is 2.15. The Kier molecular flexibility index (Phi) is 3.64. The van der Waals surface area contributed by atoms with Gasteiger partial charge in [0.25, 0.3) is 0 Å². The molecule has 0 spiro atoms. The Hall–Kier alpha value is -1.16. The summed E-state index contributed by atoms with van der Waals surface area (Å²) in [6.07, 6.45) is 2.60. The maximum Gasteiger partial charge on any atom is 0.223 e. The smallest absolute Gasteiger partial charge is 0.223 e. The van der Waals surface area contributed by atoms with E-state index in [2.05, 4.69) is 4.98 Å². The maximum absolute atomic E-state index is 5.50. The molecular weight excluding hydrogens is 184 g/mol. The summed E-state index contributed by atoms with van der Waals surface area (Å²) in [5, 5.41) is 0. The minimum atomic E-state index is 0.319. The first kappa shape index (κ1) is 9.92. The van der Waals surface area contributed by atoms with Crippen LogP contribution >= 0.6 is 12.2 Å². The lowest BCUT2D eigenvalue weighted by Crippen LogP contribution is -2.12. The molecule has 0 unspecified atom stereocenters. The molecule has 0 aliphatic heterocycles. The summed E-state index contributed by atoms with van der Waals surface area (Å²) in [6, 6.07) is 3.59. The van der Waals surface area contributed by atoms with Gasteiger partial charge in [0.05, 0.1) is 12.2 Å². The molecule has 0 aliphatic rings. The van der Waals surface area contributed by atoms with Gasteiger partial charge in [-0.05, 0) is 18.6 Å². The molecule has 0 saturated heterocycles. The lowest BCUT2D eigenvalue weighted by molar-refractivity contribution is 0.305. The summed E-state index contributed by atoms with van der Waals surface area (Å²) in [7, 11) is 0. The SMILES string of the molecule is CCCOc1ncccc1C(N)=S. The highest BCUT2D eigenvalue weighted by molar-refractivity contribution is 7.80. The van der Waals surface area contributed by atoms with Crippen LogP contribution in [0.4, 0.5) is 0 Å². The van der Waals surface area contributed by atoms with Crippen molar-refractivity contribution >= 4 is 17.2 Å². The number of ether oxygens (including phenoxy) is 1. The molecule has 0 bridgehead atoms. The Morgan fingerprint density at radius 2 is 2.46 bits per heavy atom. The van der Waals surface area contributed by atoms with E-state index in [1.807, 2.05) is 6.92 Å². The molecule has 2 N–H and O–H groups in total. The third-order valence-corrected chi connectivity index (χ3v) is 1.70. The van der Waals surface area contributed by atoms with Crippen LogP contribution in [0, 0.1) is 0 Å². The zero-order valence-electron chi connectivity index (χ0n) is 7.49. The molecular formula is C9H12N2OS. The first-order valence-corrected chi connectivity index (χ1v) is 4.54. The fourth-order valence-electron chi connectivity index (χ4n) is 0.892. The fourth-order valence-corrected chi connectivity index (χ4v) is 1.05. The van der Waals surface area contributed by atoms with Crippen molar-refractivity contribution in [2.24, 2.45) is 5.73 Å². The lowest BCUT2D eigenvalue weighted by Gasteiger charge is -2.07. The Morgan fingerprint density at radius 1 is 1.69 bits per heavy atom. The van der Waals surface area contributed by atoms with Gasteiger partial charge in [-0.1, -0.05) is 19.1 Å². The number of aromatic nitrogens is 1. The van der Waals surface area contributed by atoms with Gasteiger partial charge in [0.2, 0.25) is 5.88 Å². The van der Waals surface area contributed by atoms with Gasteiger partial charge in [0, 0.05) is 6.20 Å². The van der Waals surface area contributed by atoms with E-state index in [0.29, 0.717) is 23.0 Å². The molecule has 1 aromatic heterocycles. The van der Waals surface area contributed by atoms with E-state index >= 15 is 0 Å².